The highest BCUT2D eigenvalue weighted by Gasteiger charge is 2.06. The molecule has 0 saturated heterocycles. The van der Waals surface area contributed by atoms with Crippen molar-refractivity contribution in [2.75, 3.05) is 11.9 Å². The third-order valence-electron chi connectivity index (χ3n) is 3.75. The first kappa shape index (κ1) is 17.5. The van der Waals surface area contributed by atoms with E-state index in [9.17, 15) is 9.18 Å². The summed E-state index contributed by atoms with van der Waals surface area (Å²) in [5, 5.41) is 5.93. The van der Waals surface area contributed by atoms with E-state index >= 15 is 0 Å². The molecule has 0 unspecified atom stereocenters. The Morgan fingerprint density at radius 1 is 1.04 bits per heavy atom. The van der Waals surface area contributed by atoms with Gasteiger partial charge in [-0.3, -0.25) is 4.79 Å². The highest BCUT2D eigenvalue weighted by atomic mass is 19.1. The van der Waals surface area contributed by atoms with Crippen molar-refractivity contribution in [3.63, 3.8) is 0 Å². The SMILES string of the molecule is CCCNC(=O)c1cccc(Nc2ncc(-c3ccc(F)cc3)cn2)c1. The van der Waals surface area contributed by atoms with Crippen LogP contribution in [0.25, 0.3) is 11.1 Å². The molecule has 0 fully saturated rings. The van der Waals surface area contributed by atoms with Crippen molar-refractivity contribution in [2.24, 2.45) is 0 Å². The fraction of sp³-hybridized carbons (Fsp3) is 0.150. The summed E-state index contributed by atoms with van der Waals surface area (Å²) in [4.78, 5) is 20.6. The smallest absolute Gasteiger partial charge is 0.251 e. The number of aromatic nitrogens is 2. The van der Waals surface area contributed by atoms with Crippen molar-refractivity contribution in [1.29, 1.82) is 0 Å². The van der Waals surface area contributed by atoms with Crippen molar-refractivity contribution < 1.29 is 9.18 Å². The molecule has 0 saturated carbocycles. The number of hydrogen-bond donors (Lipinski definition) is 2. The van der Waals surface area contributed by atoms with Gasteiger partial charge in [0.2, 0.25) is 5.95 Å². The zero-order valence-corrected chi connectivity index (χ0v) is 14.4. The molecule has 1 aromatic heterocycles. The summed E-state index contributed by atoms with van der Waals surface area (Å²) >= 11 is 0. The monoisotopic (exact) mass is 350 g/mol. The van der Waals surface area contributed by atoms with E-state index in [1.165, 1.54) is 12.1 Å². The summed E-state index contributed by atoms with van der Waals surface area (Å²) in [5.41, 5.74) is 2.94. The lowest BCUT2D eigenvalue weighted by Crippen LogP contribution is -2.23. The molecule has 0 atom stereocenters. The summed E-state index contributed by atoms with van der Waals surface area (Å²) in [6, 6.07) is 13.3. The Hall–Kier alpha value is -3.28. The van der Waals surface area contributed by atoms with Gasteiger partial charge in [0, 0.05) is 35.8 Å². The molecule has 5 nitrogen and oxygen atoms in total. The maximum atomic E-state index is 13.0. The molecule has 0 radical (unpaired) electrons. The fourth-order valence-corrected chi connectivity index (χ4v) is 2.39. The lowest BCUT2D eigenvalue weighted by Gasteiger charge is -2.08. The highest BCUT2D eigenvalue weighted by Crippen LogP contribution is 2.20. The number of hydrogen-bond acceptors (Lipinski definition) is 4. The quantitative estimate of drug-likeness (QED) is 0.700. The Kier molecular flexibility index (Phi) is 5.53. The van der Waals surface area contributed by atoms with Crippen LogP contribution in [0.5, 0.6) is 0 Å². The van der Waals surface area contributed by atoms with E-state index in [4.69, 9.17) is 0 Å². The van der Waals surface area contributed by atoms with Gasteiger partial charge in [0.25, 0.3) is 5.91 Å². The topological polar surface area (TPSA) is 66.9 Å². The van der Waals surface area contributed by atoms with Crippen LogP contribution >= 0.6 is 0 Å². The first-order valence-electron chi connectivity index (χ1n) is 8.39. The number of carbonyl (C=O) groups excluding carboxylic acids is 1. The van der Waals surface area contributed by atoms with Crippen LogP contribution in [0.1, 0.15) is 23.7 Å². The van der Waals surface area contributed by atoms with Gasteiger partial charge < -0.3 is 10.6 Å². The number of anilines is 2. The number of nitrogens with zero attached hydrogens (tertiary/aromatic N) is 2. The molecule has 3 aromatic rings. The Morgan fingerprint density at radius 3 is 2.46 bits per heavy atom. The number of halogens is 1. The van der Waals surface area contributed by atoms with Crippen LogP contribution in [-0.4, -0.2) is 22.4 Å². The highest BCUT2D eigenvalue weighted by molar-refractivity contribution is 5.95. The number of benzene rings is 2. The molecule has 2 aromatic carbocycles. The molecular weight excluding hydrogens is 331 g/mol. The predicted molar refractivity (Wildman–Crippen MR) is 99.8 cm³/mol. The third-order valence-corrected chi connectivity index (χ3v) is 3.75. The van der Waals surface area contributed by atoms with Gasteiger partial charge in [0.15, 0.2) is 0 Å². The molecule has 0 aliphatic rings. The van der Waals surface area contributed by atoms with Crippen molar-refractivity contribution in [3.05, 3.63) is 72.3 Å². The molecule has 2 N–H and O–H groups in total. The number of nitrogens with one attached hydrogen (secondary N) is 2. The molecule has 0 bridgehead atoms. The van der Waals surface area contributed by atoms with Crippen LogP contribution in [0.3, 0.4) is 0 Å². The minimum Gasteiger partial charge on any atom is -0.352 e. The zero-order chi connectivity index (χ0) is 18.4. The number of rotatable bonds is 6. The summed E-state index contributed by atoms with van der Waals surface area (Å²) in [6.45, 7) is 2.65. The summed E-state index contributed by atoms with van der Waals surface area (Å²) in [7, 11) is 0. The Bertz CT molecular complexity index is 879. The van der Waals surface area contributed by atoms with Gasteiger partial charge in [-0.05, 0) is 42.3 Å². The second-order valence-corrected chi connectivity index (χ2v) is 5.76. The van der Waals surface area contributed by atoms with Crippen LogP contribution in [0.15, 0.2) is 60.9 Å². The predicted octanol–water partition coefficient (Wildman–Crippen LogP) is 4.17. The van der Waals surface area contributed by atoms with E-state index in [2.05, 4.69) is 20.6 Å². The van der Waals surface area contributed by atoms with Crippen molar-refractivity contribution in [1.82, 2.24) is 15.3 Å². The first-order chi connectivity index (χ1) is 12.7. The van der Waals surface area contributed by atoms with Crippen LogP contribution < -0.4 is 10.6 Å². The van der Waals surface area contributed by atoms with E-state index in [1.807, 2.05) is 13.0 Å². The first-order valence-corrected chi connectivity index (χ1v) is 8.39. The van der Waals surface area contributed by atoms with E-state index in [0.717, 1.165) is 23.2 Å². The molecular formula is C20H19FN4O. The van der Waals surface area contributed by atoms with Gasteiger partial charge in [0.1, 0.15) is 5.82 Å². The zero-order valence-electron chi connectivity index (χ0n) is 14.4. The molecule has 0 aliphatic heterocycles. The molecule has 1 amide bonds. The average molecular weight is 350 g/mol. The van der Waals surface area contributed by atoms with E-state index in [1.54, 1.807) is 42.7 Å². The standard InChI is InChI=1S/C20H19FN4O/c1-2-10-22-19(26)15-4-3-5-18(11-15)25-20-23-12-16(13-24-20)14-6-8-17(21)9-7-14/h3-9,11-13H,2,10H2,1H3,(H,22,26)(H,23,24,25). The number of carbonyl (C=O) groups is 1. The minimum absolute atomic E-state index is 0.108. The van der Waals surface area contributed by atoms with Crippen molar-refractivity contribution in [3.8, 4) is 11.1 Å². The van der Waals surface area contributed by atoms with Gasteiger partial charge in [-0.25, -0.2) is 14.4 Å². The van der Waals surface area contributed by atoms with Crippen molar-refractivity contribution >= 4 is 17.5 Å². The summed E-state index contributed by atoms with van der Waals surface area (Å²) < 4.78 is 13.0. The Morgan fingerprint density at radius 2 is 1.77 bits per heavy atom. The normalized spacial score (nSPS) is 10.4. The molecule has 3 rings (SSSR count). The summed E-state index contributed by atoms with van der Waals surface area (Å²) in [6.07, 6.45) is 4.22. The molecule has 6 heteroatoms. The molecule has 0 spiro atoms. The lowest BCUT2D eigenvalue weighted by atomic mass is 10.1. The van der Waals surface area contributed by atoms with Crippen LogP contribution in [0.2, 0.25) is 0 Å². The number of amides is 1. The van der Waals surface area contributed by atoms with Crippen LogP contribution in [0, 0.1) is 5.82 Å². The Labute approximate surface area is 151 Å². The molecule has 1 heterocycles. The minimum atomic E-state index is -0.282. The van der Waals surface area contributed by atoms with Crippen molar-refractivity contribution in [2.45, 2.75) is 13.3 Å². The largest absolute Gasteiger partial charge is 0.352 e. The maximum absolute atomic E-state index is 13.0. The maximum Gasteiger partial charge on any atom is 0.251 e. The second kappa shape index (κ2) is 8.20. The van der Waals surface area contributed by atoms with E-state index in [0.29, 0.717) is 18.1 Å². The van der Waals surface area contributed by atoms with Gasteiger partial charge in [0.05, 0.1) is 0 Å². The average Bonchev–Trinajstić information content (AvgIpc) is 2.67. The van der Waals surface area contributed by atoms with Gasteiger partial charge in [-0.2, -0.15) is 0 Å². The van der Waals surface area contributed by atoms with Crippen LogP contribution in [-0.2, 0) is 0 Å². The molecule has 132 valence electrons. The lowest BCUT2D eigenvalue weighted by molar-refractivity contribution is 0.0953. The second-order valence-electron chi connectivity index (χ2n) is 5.76. The van der Waals surface area contributed by atoms with E-state index in [-0.39, 0.29) is 11.7 Å². The summed E-state index contributed by atoms with van der Waals surface area (Å²) in [5.74, 6) is 0.0286. The Balaban J connectivity index is 1.71. The third kappa shape index (κ3) is 4.42. The van der Waals surface area contributed by atoms with Gasteiger partial charge >= 0.3 is 0 Å². The van der Waals surface area contributed by atoms with E-state index < -0.39 is 0 Å². The molecule has 0 aliphatic carbocycles. The van der Waals surface area contributed by atoms with Crippen LogP contribution in [0.4, 0.5) is 16.0 Å². The fourth-order valence-electron chi connectivity index (χ4n) is 2.39. The van der Waals surface area contributed by atoms with Gasteiger partial charge in [-0.1, -0.05) is 25.1 Å². The van der Waals surface area contributed by atoms with Gasteiger partial charge in [-0.15, -0.1) is 0 Å². The molecule has 26 heavy (non-hydrogen) atoms.